The van der Waals surface area contributed by atoms with Crippen LogP contribution in [0.2, 0.25) is 0 Å². The van der Waals surface area contributed by atoms with Crippen LogP contribution < -0.4 is 0 Å². The summed E-state index contributed by atoms with van der Waals surface area (Å²) in [5, 5.41) is 0.548. The molecule has 0 aromatic carbocycles. The summed E-state index contributed by atoms with van der Waals surface area (Å²) in [6, 6.07) is 2.03. The molecular formula is C10H22B4S. The van der Waals surface area contributed by atoms with Gasteiger partial charge < -0.3 is 0 Å². The fraction of sp³-hybridized carbons (Fsp3) is 1.00. The zero-order valence-corrected chi connectivity index (χ0v) is 11.7. The van der Waals surface area contributed by atoms with Gasteiger partial charge in [-0.05, 0) is 0 Å². The molecular weight excluding hydrogens is 195 g/mol. The van der Waals surface area contributed by atoms with E-state index in [-0.39, 0.29) is 9.56 Å². The average molecular weight is 218 g/mol. The third-order valence-corrected chi connectivity index (χ3v) is 5.59. The third-order valence-electron chi connectivity index (χ3n) is 3.79. The molecule has 5 heteroatoms. The Morgan fingerprint density at radius 3 is 2.13 bits per heavy atom. The van der Waals surface area contributed by atoms with Gasteiger partial charge in [0.25, 0.3) is 0 Å². The molecule has 0 heterocycles. The molecule has 0 rings (SSSR count). The second kappa shape index (κ2) is 7.70. The first-order valence-corrected chi connectivity index (χ1v) is 7.29. The molecule has 0 aromatic heterocycles. The number of rotatable bonds is 5. The Labute approximate surface area is 100 Å². The molecule has 0 saturated carbocycles. The van der Waals surface area contributed by atoms with Crippen molar-refractivity contribution in [2.45, 2.75) is 46.3 Å². The monoisotopic (exact) mass is 218 g/mol. The van der Waals surface area contributed by atoms with Crippen LogP contribution in [0.3, 0.4) is 0 Å². The van der Waals surface area contributed by atoms with Gasteiger partial charge in [-0.3, -0.25) is 0 Å². The van der Waals surface area contributed by atoms with E-state index in [0.29, 0.717) is 11.2 Å². The van der Waals surface area contributed by atoms with E-state index in [9.17, 15) is 0 Å². The van der Waals surface area contributed by atoms with Crippen LogP contribution in [0, 0.1) is 17.8 Å². The summed E-state index contributed by atoms with van der Waals surface area (Å²) in [5.41, 5.74) is 0. The van der Waals surface area contributed by atoms with Gasteiger partial charge in [-0.15, -0.1) is 0 Å². The van der Waals surface area contributed by atoms with Gasteiger partial charge in [-0.25, -0.2) is 0 Å². The van der Waals surface area contributed by atoms with E-state index in [1.54, 1.807) is 0 Å². The first-order valence-electron chi connectivity index (χ1n) is 5.87. The molecule has 0 aliphatic carbocycles. The SMILES string of the molecule is B#S(=BB=B)[C@@H](C)C(C)C(C)C(C)CC. The van der Waals surface area contributed by atoms with Gasteiger partial charge in [0.15, 0.2) is 0 Å². The number of hydrogen-bond acceptors (Lipinski definition) is 0. The van der Waals surface area contributed by atoms with Gasteiger partial charge in [0.1, 0.15) is 0 Å². The van der Waals surface area contributed by atoms with Crippen molar-refractivity contribution in [3.8, 4) is 0 Å². The van der Waals surface area contributed by atoms with E-state index in [1.165, 1.54) is 6.42 Å². The third kappa shape index (κ3) is 4.89. The van der Waals surface area contributed by atoms with Crippen molar-refractivity contribution in [1.82, 2.24) is 0 Å². The zero-order valence-electron chi connectivity index (χ0n) is 10.9. The van der Waals surface area contributed by atoms with Gasteiger partial charge >= 0.3 is 100 Å². The molecule has 4 atom stereocenters. The van der Waals surface area contributed by atoms with Gasteiger partial charge in [0.05, 0.1) is 0 Å². The summed E-state index contributed by atoms with van der Waals surface area (Å²) in [7, 11) is 3.58. The topological polar surface area (TPSA) is 0 Å². The Morgan fingerprint density at radius 2 is 1.73 bits per heavy atom. The van der Waals surface area contributed by atoms with Crippen molar-refractivity contribution in [1.29, 1.82) is 0 Å². The zero-order chi connectivity index (χ0) is 12.0. The molecule has 0 fully saturated rings. The first kappa shape index (κ1) is 15.5. The summed E-state index contributed by atoms with van der Waals surface area (Å²) in [6.45, 7) is 19.5. The Bertz CT molecular complexity index is 319. The summed E-state index contributed by atoms with van der Waals surface area (Å²) >= 11 is 0. The molecule has 3 unspecified atom stereocenters. The molecule has 0 bridgehead atoms. The second-order valence-corrected chi connectivity index (χ2v) is 6.42. The van der Waals surface area contributed by atoms with E-state index in [4.69, 9.17) is 6.53 Å². The molecule has 0 spiro atoms. The quantitative estimate of drug-likeness (QED) is 0.619. The molecule has 0 aliphatic rings. The molecule has 80 valence electrons. The van der Waals surface area contributed by atoms with Gasteiger partial charge in [-0.1, -0.05) is 0 Å². The molecule has 0 aromatic rings. The van der Waals surface area contributed by atoms with Gasteiger partial charge in [-0.2, -0.15) is 0 Å². The summed E-state index contributed by atoms with van der Waals surface area (Å²) in [4.78, 5) is 0. The molecule has 0 amide bonds. The minimum absolute atomic E-state index is 0.127. The Balaban J connectivity index is 4.59. The van der Waals surface area contributed by atoms with Crippen molar-refractivity contribution < 1.29 is 0 Å². The van der Waals surface area contributed by atoms with Crippen molar-refractivity contribution in [3.05, 3.63) is 0 Å². The Hall–Kier alpha value is 0.480. The molecule has 0 N–H and O–H groups in total. The van der Waals surface area contributed by atoms with E-state index in [0.717, 1.165) is 11.8 Å². The van der Waals surface area contributed by atoms with Crippen LogP contribution in [0.5, 0.6) is 0 Å². The van der Waals surface area contributed by atoms with Crippen molar-refractivity contribution in [2.24, 2.45) is 17.8 Å². The van der Waals surface area contributed by atoms with E-state index >= 15 is 0 Å². The summed E-state index contributed by atoms with van der Waals surface area (Å²) in [6.07, 6.45) is 1.25. The molecule has 0 radical (unpaired) electrons. The van der Waals surface area contributed by atoms with E-state index in [2.05, 4.69) is 42.0 Å². The predicted molar refractivity (Wildman–Crippen MR) is 79.2 cm³/mol. The van der Waals surface area contributed by atoms with Gasteiger partial charge in [0, 0.05) is 0 Å². The molecule has 0 nitrogen and oxygen atoms in total. The molecule has 0 saturated heterocycles. The summed E-state index contributed by atoms with van der Waals surface area (Å²) in [5.74, 6) is 2.19. The second-order valence-electron chi connectivity index (χ2n) is 4.59. The van der Waals surface area contributed by atoms with Crippen LogP contribution in [-0.2, 0) is 0 Å². The van der Waals surface area contributed by atoms with Crippen molar-refractivity contribution in [2.75, 3.05) is 0 Å². The van der Waals surface area contributed by atoms with Crippen LogP contribution in [0.15, 0.2) is 0 Å². The van der Waals surface area contributed by atoms with Crippen molar-refractivity contribution >= 4 is 36.2 Å². The minimum atomic E-state index is -0.127. The normalized spacial score (nSPS) is 19.7. The average Bonchev–Trinajstić information content (AvgIpc) is 2.25. The fourth-order valence-electron chi connectivity index (χ4n) is 1.80. The number of hydrogen-bond donors (Lipinski definition) is 0. The predicted octanol–water partition coefficient (Wildman–Crippen LogP) is 2.10. The van der Waals surface area contributed by atoms with E-state index in [1.807, 2.05) is 12.7 Å². The fourth-order valence-corrected chi connectivity index (χ4v) is 3.01. The van der Waals surface area contributed by atoms with Crippen LogP contribution in [-0.4, -0.2) is 31.9 Å². The standard InChI is InChI=1S/C10H22B4S/c1-6-7(2)8(3)9(4)10(5)15(12)14-13-11/h7-11H,6H2,1-5H3/t7?,8?,9?,10-/m0/s1. The van der Waals surface area contributed by atoms with Gasteiger partial charge in [0.2, 0.25) is 0 Å². The maximum atomic E-state index is 6.11. The Kier molecular flexibility index (Phi) is 7.95. The van der Waals surface area contributed by atoms with Crippen LogP contribution in [0.4, 0.5) is 0 Å². The summed E-state index contributed by atoms with van der Waals surface area (Å²) < 4.78 is 0. The molecule has 15 heavy (non-hydrogen) atoms. The van der Waals surface area contributed by atoms with E-state index < -0.39 is 0 Å². The van der Waals surface area contributed by atoms with Crippen LogP contribution >= 0.6 is 9.56 Å². The molecule has 0 aliphatic heterocycles. The van der Waals surface area contributed by atoms with Crippen LogP contribution in [0.1, 0.15) is 41.0 Å². The maximum absolute atomic E-state index is 6.11. The Morgan fingerprint density at radius 1 is 1.20 bits per heavy atom. The van der Waals surface area contributed by atoms with Crippen LogP contribution in [0.25, 0.3) is 0 Å². The van der Waals surface area contributed by atoms with Crippen molar-refractivity contribution in [3.63, 3.8) is 0 Å². The first-order chi connectivity index (χ1) is 6.95.